The Morgan fingerprint density at radius 2 is 1.83 bits per heavy atom. The third kappa shape index (κ3) is 3.44. The molecule has 0 saturated carbocycles. The van der Waals surface area contributed by atoms with Crippen molar-refractivity contribution in [2.24, 2.45) is 10.9 Å². The quantitative estimate of drug-likeness (QED) is 0.896. The standard InChI is InChI=1S/C20H24N2O2/c1-13(2)20-21-17(14-8-10-15(24-3)11-9-14)12-18(22-20)16-6-4-5-7-19(16)23/h4-11,13,18,20,22-23H,12H2,1-3H3. The second kappa shape index (κ2) is 7.05. The highest BCUT2D eigenvalue weighted by molar-refractivity contribution is 6.01. The monoisotopic (exact) mass is 324 g/mol. The van der Waals surface area contributed by atoms with Gasteiger partial charge in [-0.05, 0) is 41.8 Å². The number of aliphatic imine (C=N–C) groups is 1. The molecular formula is C20H24N2O2. The molecule has 2 atom stereocenters. The zero-order chi connectivity index (χ0) is 17.1. The first-order valence-electron chi connectivity index (χ1n) is 8.33. The molecule has 2 aromatic rings. The van der Waals surface area contributed by atoms with Gasteiger partial charge < -0.3 is 9.84 Å². The maximum absolute atomic E-state index is 10.2. The lowest BCUT2D eigenvalue weighted by Gasteiger charge is -2.32. The first-order chi connectivity index (χ1) is 11.6. The Bertz CT molecular complexity index is 723. The Morgan fingerprint density at radius 3 is 2.46 bits per heavy atom. The number of nitrogens with one attached hydrogen (secondary N) is 1. The van der Waals surface area contributed by atoms with Crippen molar-refractivity contribution in [3.8, 4) is 11.5 Å². The van der Waals surface area contributed by atoms with Crippen LogP contribution in [0.1, 0.15) is 37.4 Å². The number of benzene rings is 2. The summed E-state index contributed by atoms with van der Waals surface area (Å²) in [7, 11) is 1.67. The van der Waals surface area contributed by atoms with E-state index < -0.39 is 0 Å². The first kappa shape index (κ1) is 16.5. The molecule has 0 aliphatic carbocycles. The summed E-state index contributed by atoms with van der Waals surface area (Å²) < 4.78 is 5.24. The highest BCUT2D eigenvalue weighted by Crippen LogP contribution is 2.31. The van der Waals surface area contributed by atoms with E-state index in [4.69, 9.17) is 9.73 Å². The number of hydrogen-bond donors (Lipinski definition) is 2. The number of methoxy groups -OCH3 is 1. The van der Waals surface area contributed by atoms with Gasteiger partial charge in [0.1, 0.15) is 17.7 Å². The fraction of sp³-hybridized carbons (Fsp3) is 0.350. The van der Waals surface area contributed by atoms with Crippen LogP contribution in [0.15, 0.2) is 53.5 Å². The van der Waals surface area contributed by atoms with Gasteiger partial charge in [-0.25, -0.2) is 0 Å². The van der Waals surface area contributed by atoms with Crippen molar-refractivity contribution in [1.29, 1.82) is 0 Å². The minimum Gasteiger partial charge on any atom is -0.508 e. The van der Waals surface area contributed by atoms with Crippen LogP contribution < -0.4 is 10.1 Å². The predicted octanol–water partition coefficient (Wildman–Crippen LogP) is 3.91. The lowest BCUT2D eigenvalue weighted by molar-refractivity contribution is 0.345. The Kier molecular flexibility index (Phi) is 4.86. The second-order valence-electron chi connectivity index (χ2n) is 6.48. The van der Waals surface area contributed by atoms with Crippen molar-refractivity contribution in [1.82, 2.24) is 5.32 Å². The van der Waals surface area contributed by atoms with E-state index in [1.165, 1.54) is 0 Å². The zero-order valence-electron chi connectivity index (χ0n) is 14.4. The third-order valence-electron chi connectivity index (χ3n) is 4.43. The molecule has 1 heterocycles. The van der Waals surface area contributed by atoms with Gasteiger partial charge in [-0.2, -0.15) is 0 Å². The van der Waals surface area contributed by atoms with Crippen molar-refractivity contribution in [2.45, 2.75) is 32.5 Å². The van der Waals surface area contributed by atoms with Gasteiger partial charge in [0.15, 0.2) is 0 Å². The molecule has 2 unspecified atom stereocenters. The number of para-hydroxylation sites is 1. The topological polar surface area (TPSA) is 53.8 Å². The molecule has 0 bridgehead atoms. The Balaban J connectivity index is 1.93. The van der Waals surface area contributed by atoms with Crippen LogP contribution in [-0.4, -0.2) is 24.1 Å². The summed E-state index contributed by atoms with van der Waals surface area (Å²) in [6, 6.07) is 15.6. The summed E-state index contributed by atoms with van der Waals surface area (Å²) in [4.78, 5) is 4.90. The lowest BCUT2D eigenvalue weighted by Crippen LogP contribution is -2.41. The molecule has 4 heteroatoms. The van der Waals surface area contributed by atoms with Crippen LogP contribution in [0.5, 0.6) is 11.5 Å². The third-order valence-corrected chi connectivity index (χ3v) is 4.43. The van der Waals surface area contributed by atoms with Gasteiger partial charge in [0.2, 0.25) is 0 Å². The summed E-state index contributed by atoms with van der Waals surface area (Å²) in [6.45, 7) is 4.31. The summed E-state index contributed by atoms with van der Waals surface area (Å²) in [5.41, 5.74) is 3.08. The van der Waals surface area contributed by atoms with Crippen LogP contribution in [-0.2, 0) is 0 Å². The van der Waals surface area contributed by atoms with Crippen molar-refractivity contribution >= 4 is 5.71 Å². The summed E-state index contributed by atoms with van der Waals surface area (Å²) in [6.07, 6.45) is 0.771. The van der Waals surface area contributed by atoms with Crippen LogP contribution in [0.3, 0.4) is 0 Å². The summed E-state index contributed by atoms with van der Waals surface area (Å²) >= 11 is 0. The van der Waals surface area contributed by atoms with Crippen molar-refractivity contribution < 1.29 is 9.84 Å². The fourth-order valence-electron chi connectivity index (χ4n) is 3.02. The normalized spacial score (nSPS) is 20.8. The lowest BCUT2D eigenvalue weighted by atomic mass is 9.93. The molecular weight excluding hydrogens is 300 g/mol. The molecule has 0 saturated heterocycles. The maximum Gasteiger partial charge on any atom is 0.120 e. The number of rotatable bonds is 4. The van der Waals surface area contributed by atoms with Gasteiger partial charge in [0.25, 0.3) is 0 Å². The van der Waals surface area contributed by atoms with E-state index >= 15 is 0 Å². The van der Waals surface area contributed by atoms with Gasteiger partial charge in [-0.15, -0.1) is 0 Å². The molecule has 1 aliphatic rings. The van der Waals surface area contributed by atoms with Crippen LogP contribution in [0.4, 0.5) is 0 Å². The SMILES string of the molecule is COc1ccc(C2=NC(C(C)C)NC(c3ccccc3O)C2)cc1. The van der Waals surface area contributed by atoms with Gasteiger partial charge in [0.05, 0.1) is 7.11 Å². The van der Waals surface area contributed by atoms with Crippen molar-refractivity contribution in [3.05, 3.63) is 59.7 Å². The number of phenols is 1. The average molecular weight is 324 g/mol. The highest BCUT2D eigenvalue weighted by Gasteiger charge is 2.27. The molecule has 4 nitrogen and oxygen atoms in total. The van der Waals surface area contributed by atoms with Crippen LogP contribution in [0.2, 0.25) is 0 Å². The molecule has 2 N–H and O–H groups in total. The second-order valence-corrected chi connectivity index (χ2v) is 6.48. The molecule has 0 aromatic heterocycles. The van der Waals surface area contributed by atoms with Crippen molar-refractivity contribution in [3.63, 3.8) is 0 Å². The number of phenolic OH excluding ortho intramolecular Hbond substituents is 1. The number of aromatic hydroxyl groups is 1. The highest BCUT2D eigenvalue weighted by atomic mass is 16.5. The fourth-order valence-corrected chi connectivity index (χ4v) is 3.02. The Morgan fingerprint density at radius 1 is 1.12 bits per heavy atom. The molecule has 0 fully saturated rings. The molecule has 0 spiro atoms. The number of hydrogen-bond acceptors (Lipinski definition) is 4. The van der Waals surface area contributed by atoms with Gasteiger partial charge >= 0.3 is 0 Å². The molecule has 3 rings (SSSR count). The van der Waals surface area contributed by atoms with Gasteiger partial charge in [-0.1, -0.05) is 32.0 Å². The largest absolute Gasteiger partial charge is 0.508 e. The van der Waals surface area contributed by atoms with E-state index in [2.05, 4.69) is 19.2 Å². The van der Waals surface area contributed by atoms with Gasteiger partial charge in [0, 0.05) is 23.7 Å². The maximum atomic E-state index is 10.2. The molecule has 2 aromatic carbocycles. The van der Waals surface area contributed by atoms with Crippen LogP contribution >= 0.6 is 0 Å². The minimum absolute atomic E-state index is 0.0282. The zero-order valence-corrected chi connectivity index (χ0v) is 14.4. The Labute approximate surface area is 143 Å². The predicted molar refractivity (Wildman–Crippen MR) is 96.8 cm³/mol. The van der Waals surface area contributed by atoms with E-state index in [9.17, 15) is 5.11 Å². The number of ether oxygens (including phenoxy) is 1. The van der Waals surface area contributed by atoms with Crippen LogP contribution in [0, 0.1) is 5.92 Å². The van der Waals surface area contributed by atoms with Crippen LogP contribution in [0.25, 0.3) is 0 Å². The smallest absolute Gasteiger partial charge is 0.120 e. The van der Waals surface area contributed by atoms with E-state index in [1.807, 2.05) is 42.5 Å². The molecule has 1 aliphatic heterocycles. The minimum atomic E-state index is 0.0282. The number of nitrogens with zero attached hydrogens (tertiary/aromatic N) is 1. The van der Waals surface area contributed by atoms with Crippen molar-refractivity contribution in [2.75, 3.05) is 7.11 Å². The van der Waals surface area contributed by atoms with E-state index in [0.29, 0.717) is 11.7 Å². The molecule has 126 valence electrons. The average Bonchev–Trinajstić information content (AvgIpc) is 2.61. The summed E-state index contributed by atoms with van der Waals surface area (Å²) in [5.74, 6) is 1.53. The van der Waals surface area contributed by atoms with Gasteiger partial charge in [-0.3, -0.25) is 10.3 Å². The summed E-state index contributed by atoms with van der Waals surface area (Å²) in [5, 5.41) is 13.8. The molecule has 0 amide bonds. The first-order valence-corrected chi connectivity index (χ1v) is 8.33. The molecule has 0 radical (unpaired) electrons. The Hall–Kier alpha value is -2.33. The van der Waals surface area contributed by atoms with E-state index in [-0.39, 0.29) is 12.2 Å². The van der Waals surface area contributed by atoms with E-state index in [1.54, 1.807) is 13.2 Å². The van der Waals surface area contributed by atoms with E-state index in [0.717, 1.165) is 29.0 Å². The molecule has 24 heavy (non-hydrogen) atoms.